The third-order valence-corrected chi connectivity index (χ3v) is 7.45. The Hall–Kier alpha value is -0.980. The fraction of sp³-hybridized carbons (Fsp3) is 0.769. The van der Waals surface area contributed by atoms with Gasteiger partial charge in [0.25, 0.3) is 0 Å². The highest BCUT2D eigenvalue weighted by atomic mass is 16.5. The van der Waals surface area contributed by atoms with Crippen molar-refractivity contribution >= 4 is 0 Å². The van der Waals surface area contributed by atoms with E-state index in [4.69, 9.17) is 4.74 Å². The molecule has 1 unspecified atom stereocenters. The maximum Gasteiger partial charge on any atom is 0.0593 e. The zero-order valence-corrected chi connectivity index (χ0v) is 19.5. The van der Waals surface area contributed by atoms with E-state index in [0.29, 0.717) is 6.04 Å². The van der Waals surface area contributed by atoms with Crippen LogP contribution in [0.3, 0.4) is 0 Å². The Morgan fingerprint density at radius 3 is 2.65 bits per heavy atom. The minimum absolute atomic E-state index is 0.411. The summed E-state index contributed by atoms with van der Waals surface area (Å²) in [5.74, 6) is 0. The van der Waals surface area contributed by atoms with Crippen molar-refractivity contribution in [3.05, 3.63) is 36.0 Å². The van der Waals surface area contributed by atoms with Crippen LogP contribution in [0.25, 0.3) is 0 Å². The molecule has 3 heterocycles. The zero-order valence-electron chi connectivity index (χ0n) is 19.5. The molecule has 3 saturated heterocycles. The smallest absolute Gasteiger partial charge is 0.0593 e. The Morgan fingerprint density at radius 2 is 1.77 bits per heavy atom. The summed E-state index contributed by atoms with van der Waals surface area (Å²) < 4.78 is 5.62. The molecule has 0 bridgehead atoms. The lowest BCUT2D eigenvalue weighted by atomic mass is 9.98. The second-order valence-corrected chi connectivity index (χ2v) is 9.68. The van der Waals surface area contributed by atoms with Gasteiger partial charge in [0, 0.05) is 51.4 Å². The number of likely N-dealkylation sites (tertiary alicyclic amines) is 2. The van der Waals surface area contributed by atoms with Gasteiger partial charge in [-0.15, -0.1) is 0 Å². The molecule has 4 aliphatic rings. The summed E-state index contributed by atoms with van der Waals surface area (Å²) in [4.78, 5) is 8.04. The summed E-state index contributed by atoms with van der Waals surface area (Å²) in [6.45, 7) is 12.5. The summed E-state index contributed by atoms with van der Waals surface area (Å²) in [5.41, 5.74) is 1.44. The van der Waals surface area contributed by atoms with Gasteiger partial charge in [0.2, 0.25) is 0 Å². The van der Waals surface area contributed by atoms with Crippen LogP contribution < -0.4 is 5.32 Å². The van der Waals surface area contributed by atoms with Gasteiger partial charge in [-0.2, -0.15) is 0 Å². The topological polar surface area (TPSA) is 31.0 Å². The Bertz CT molecular complexity index is 595. The third-order valence-electron chi connectivity index (χ3n) is 7.45. The second-order valence-electron chi connectivity index (χ2n) is 9.68. The van der Waals surface area contributed by atoms with Crippen LogP contribution in [0.1, 0.15) is 44.9 Å². The fourth-order valence-corrected chi connectivity index (χ4v) is 5.54. The Labute approximate surface area is 190 Å². The maximum absolute atomic E-state index is 5.62. The second kappa shape index (κ2) is 12.9. The van der Waals surface area contributed by atoms with Gasteiger partial charge in [-0.3, -0.25) is 4.90 Å². The summed E-state index contributed by atoms with van der Waals surface area (Å²) in [7, 11) is 0. The Morgan fingerprint density at radius 1 is 0.903 bits per heavy atom. The molecular formula is C26H44N4O. The average Bonchev–Trinajstić information content (AvgIpc) is 3.25. The molecule has 3 aliphatic heterocycles. The van der Waals surface area contributed by atoms with E-state index in [-0.39, 0.29) is 0 Å². The van der Waals surface area contributed by atoms with E-state index in [1.165, 1.54) is 70.4 Å². The van der Waals surface area contributed by atoms with E-state index in [2.05, 4.69) is 50.4 Å². The van der Waals surface area contributed by atoms with Crippen molar-refractivity contribution in [1.82, 2.24) is 20.0 Å². The number of allylic oxidation sites excluding steroid dienone is 4. The van der Waals surface area contributed by atoms with Crippen LogP contribution in [0.15, 0.2) is 36.0 Å². The molecule has 0 aromatic rings. The molecule has 3 fully saturated rings. The fourth-order valence-electron chi connectivity index (χ4n) is 5.54. The molecule has 174 valence electrons. The van der Waals surface area contributed by atoms with E-state index in [1.807, 2.05) is 0 Å². The lowest BCUT2D eigenvalue weighted by Crippen LogP contribution is -2.50. The molecule has 31 heavy (non-hydrogen) atoms. The van der Waals surface area contributed by atoms with Crippen molar-refractivity contribution in [3.63, 3.8) is 0 Å². The standard InChI is InChI=1S/C26H44N4O/c1-2-5-10-24(9-4-1)26(27-13-19-28-14-8-21-31-22-20-28)23-29-17-11-25(12-18-29)30-15-6-3-7-16-30/h1,4-5,9-10,25-27H,2-3,6-8,11-23H2. The lowest BCUT2D eigenvalue weighted by molar-refractivity contribution is 0.0897. The molecule has 4 rings (SSSR count). The van der Waals surface area contributed by atoms with Crippen molar-refractivity contribution in [2.75, 3.05) is 72.1 Å². The van der Waals surface area contributed by atoms with E-state index in [0.717, 1.165) is 58.3 Å². The highest BCUT2D eigenvalue weighted by Gasteiger charge is 2.27. The van der Waals surface area contributed by atoms with Crippen molar-refractivity contribution in [3.8, 4) is 0 Å². The minimum Gasteiger partial charge on any atom is -0.380 e. The minimum atomic E-state index is 0.411. The molecule has 0 radical (unpaired) electrons. The third kappa shape index (κ3) is 7.54. The Balaban J connectivity index is 1.28. The number of ether oxygens (including phenoxy) is 1. The first kappa shape index (κ1) is 23.2. The molecule has 0 aromatic carbocycles. The molecule has 5 nitrogen and oxygen atoms in total. The van der Waals surface area contributed by atoms with Crippen LogP contribution in [-0.2, 0) is 4.74 Å². The predicted octanol–water partition coefficient (Wildman–Crippen LogP) is 3.06. The quantitative estimate of drug-likeness (QED) is 0.642. The average molecular weight is 429 g/mol. The first-order chi connectivity index (χ1) is 15.4. The number of piperidine rings is 2. The van der Waals surface area contributed by atoms with E-state index in [1.54, 1.807) is 0 Å². The number of hydrogen-bond donors (Lipinski definition) is 1. The van der Waals surface area contributed by atoms with Crippen molar-refractivity contribution in [2.24, 2.45) is 0 Å². The summed E-state index contributed by atoms with van der Waals surface area (Å²) >= 11 is 0. The zero-order chi connectivity index (χ0) is 21.1. The van der Waals surface area contributed by atoms with Crippen LogP contribution in [0.2, 0.25) is 0 Å². The number of rotatable bonds is 8. The van der Waals surface area contributed by atoms with Crippen LogP contribution in [-0.4, -0.2) is 98.9 Å². The van der Waals surface area contributed by atoms with Gasteiger partial charge in [-0.25, -0.2) is 0 Å². The maximum atomic E-state index is 5.62. The van der Waals surface area contributed by atoms with E-state index >= 15 is 0 Å². The van der Waals surface area contributed by atoms with Gasteiger partial charge in [0.1, 0.15) is 0 Å². The van der Waals surface area contributed by atoms with E-state index in [9.17, 15) is 0 Å². The number of nitrogens with zero attached hydrogens (tertiary/aromatic N) is 3. The predicted molar refractivity (Wildman–Crippen MR) is 130 cm³/mol. The van der Waals surface area contributed by atoms with Gasteiger partial charge < -0.3 is 19.9 Å². The summed E-state index contributed by atoms with van der Waals surface area (Å²) in [5, 5.41) is 3.92. The van der Waals surface area contributed by atoms with Crippen LogP contribution >= 0.6 is 0 Å². The molecule has 5 heteroatoms. The van der Waals surface area contributed by atoms with Crippen LogP contribution in [0.5, 0.6) is 0 Å². The first-order valence-corrected chi connectivity index (χ1v) is 12.9. The van der Waals surface area contributed by atoms with Crippen LogP contribution in [0, 0.1) is 0 Å². The van der Waals surface area contributed by atoms with Gasteiger partial charge in [-0.1, -0.05) is 36.8 Å². The molecule has 1 atom stereocenters. The number of hydrogen-bond acceptors (Lipinski definition) is 5. The van der Waals surface area contributed by atoms with E-state index < -0.39 is 0 Å². The summed E-state index contributed by atoms with van der Waals surface area (Å²) in [6, 6.07) is 1.24. The SMILES string of the molecule is C1=CCC=CC(C(CN2CCC(N3CCCCC3)CC2)NCCN2CCCOCC2)=C1. The van der Waals surface area contributed by atoms with Crippen molar-refractivity contribution in [1.29, 1.82) is 0 Å². The first-order valence-electron chi connectivity index (χ1n) is 12.9. The van der Waals surface area contributed by atoms with Crippen molar-refractivity contribution in [2.45, 2.75) is 57.0 Å². The number of nitrogens with one attached hydrogen (secondary N) is 1. The molecule has 1 N–H and O–H groups in total. The normalized spacial score (nSPS) is 26.4. The van der Waals surface area contributed by atoms with Crippen LogP contribution in [0.4, 0.5) is 0 Å². The van der Waals surface area contributed by atoms with Gasteiger partial charge in [0.05, 0.1) is 6.61 Å². The molecule has 0 amide bonds. The largest absolute Gasteiger partial charge is 0.380 e. The lowest BCUT2D eigenvalue weighted by Gasteiger charge is -2.41. The highest BCUT2D eigenvalue weighted by Crippen LogP contribution is 2.22. The molecule has 0 saturated carbocycles. The highest BCUT2D eigenvalue weighted by molar-refractivity contribution is 5.32. The molecular weight excluding hydrogens is 384 g/mol. The molecule has 1 aliphatic carbocycles. The van der Waals surface area contributed by atoms with Gasteiger partial charge in [0.15, 0.2) is 0 Å². The monoisotopic (exact) mass is 428 g/mol. The van der Waals surface area contributed by atoms with Crippen molar-refractivity contribution < 1.29 is 4.74 Å². The van der Waals surface area contributed by atoms with Gasteiger partial charge in [-0.05, 0) is 70.3 Å². The van der Waals surface area contributed by atoms with Gasteiger partial charge >= 0.3 is 0 Å². The summed E-state index contributed by atoms with van der Waals surface area (Å²) in [6.07, 6.45) is 20.6. The molecule has 0 aromatic heterocycles. The Kier molecular flexibility index (Phi) is 9.65. The molecule has 0 spiro atoms.